The molecule has 1 aliphatic carbocycles. The zero-order valence-corrected chi connectivity index (χ0v) is 12.8. The summed E-state index contributed by atoms with van der Waals surface area (Å²) in [5.74, 6) is 1.95. The number of nitrogens with zero attached hydrogens (tertiary/aromatic N) is 1. The van der Waals surface area contributed by atoms with Gasteiger partial charge in [0.25, 0.3) is 0 Å². The molecule has 0 radical (unpaired) electrons. The number of rotatable bonds is 4. The molecular weight excluding hydrogens is 262 g/mol. The Hall–Kier alpha value is -1.71. The second-order valence-corrected chi connectivity index (χ2v) is 5.90. The van der Waals surface area contributed by atoms with E-state index in [9.17, 15) is 0 Å². The highest BCUT2D eigenvalue weighted by molar-refractivity contribution is 5.80. The Morgan fingerprint density at radius 1 is 1.29 bits per heavy atom. The highest BCUT2D eigenvalue weighted by Gasteiger charge is 2.22. The number of benzene rings is 1. The number of fused-ring (bicyclic) bond motifs is 1. The molecule has 21 heavy (non-hydrogen) atoms. The van der Waals surface area contributed by atoms with Gasteiger partial charge in [0.2, 0.25) is 0 Å². The normalized spacial score (nSPS) is 22.0. The van der Waals surface area contributed by atoms with Crippen LogP contribution >= 0.6 is 0 Å². The van der Waals surface area contributed by atoms with E-state index in [0.717, 1.165) is 24.7 Å². The van der Waals surface area contributed by atoms with E-state index in [0.29, 0.717) is 12.6 Å². The second-order valence-electron chi connectivity index (χ2n) is 5.90. The average Bonchev–Trinajstić information content (AvgIpc) is 3.13. The Morgan fingerprint density at radius 2 is 2.10 bits per heavy atom. The molecule has 1 fully saturated rings. The molecule has 0 bridgehead atoms. The van der Waals surface area contributed by atoms with Gasteiger partial charge in [0.1, 0.15) is 11.9 Å². The van der Waals surface area contributed by atoms with Crippen LogP contribution in [0.3, 0.4) is 0 Å². The lowest BCUT2D eigenvalue weighted by Crippen LogP contribution is -2.42. The van der Waals surface area contributed by atoms with Gasteiger partial charge in [-0.15, -0.1) is 0 Å². The second kappa shape index (κ2) is 6.83. The number of guanidine groups is 1. The van der Waals surface area contributed by atoms with Crippen molar-refractivity contribution < 1.29 is 4.74 Å². The molecule has 2 aliphatic rings. The first kappa shape index (κ1) is 14.2. The molecule has 1 saturated carbocycles. The van der Waals surface area contributed by atoms with Crippen molar-refractivity contribution in [2.24, 2.45) is 4.99 Å². The third-order valence-electron chi connectivity index (χ3n) is 4.21. The molecule has 114 valence electrons. The molecule has 3 rings (SSSR count). The van der Waals surface area contributed by atoms with Gasteiger partial charge in [0.15, 0.2) is 5.96 Å². The molecule has 4 heteroatoms. The van der Waals surface area contributed by atoms with Gasteiger partial charge in [0.05, 0.1) is 6.54 Å². The van der Waals surface area contributed by atoms with Crippen LogP contribution in [0.2, 0.25) is 0 Å². The van der Waals surface area contributed by atoms with E-state index in [2.05, 4.69) is 29.7 Å². The fraction of sp³-hybridized carbons (Fsp3) is 0.588. The molecule has 0 amide bonds. The number of hydrogen-bond acceptors (Lipinski definition) is 2. The fourth-order valence-corrected chi connectivity index (χ4v) is 3.13. The third-order valence-corrected chi connectivity index (χ3v) is 4.21. The zero-order valence-electron chi connectivity index (χ0n) is 12.8. The van der Waals surface area contributed by atoms with Gasteiger partial charge in [-0.3, -0.25) is 0 Å². The fourth-order valence-electron chi connectivity index (χ4n) is 3.13. The van der Waals surface area contributed by atoms with Crippen molar-refractivity contribution in [1.29, 1.82) is 0 Å². The van der Waals surface area contributed by atoms with E-state index < -0.39 is 0 Å². The lowest BCUT2D eigenvalue weighted by Gasteiger charge is -2.17. The van der Waals surface area contributed by atoms with Crippen molar-refractivity contribution in [3.8, 4) is 5.75 Å². The molecule has 0 spiro atoms. The summed E-state index contributed by atoms with van der Waals surface area (Å²) in [5.41, 5.74) is 1.30. The first-order valence-corrected chi connectivity index (χ1v) is 8.14. The Kier molecular flexibility index (Phi) is 4.63. The molecule has 4 nitrogen and oxygen atoms in total. The molecule has 0 aromatic heterocycles. The van der Waals surface area contributed by atoms with Crippen molar-refractivity contribution in [3.05, 3.63) is 29.8 Å². The highest BCUT2D eigenvalue weighted by atomic mass is 16.5. The molecule has 1 aromatic rings. The van der Waals surface area contributed by atoms with Crippen molar-refractivity contribution in [2.45, 2.75) is 51.2 Å². The summed E-state index contributed by atoms with van der Waals surface area (Å²) < 4.78 is 5.94. The smallest absolute Gasteiger partial charge is 0.191 e. The summed E-state index contributed by atoms with van der Waals surface area (Å²) in [6, 6.07) is 8.86. The van der Waals surface area contributed by atoms with Crippen LogP contribution in [0.4, 0.5) is 0 Å². The van der Waals surface area contributed by atoms with Crippen LogP contribution in [0.15, 0.2) is 29.3 Å². The van der Waals surface area contributed by atoms with E-state index in [1.807, 2.05) is 12.1 Å². The molecule has 2 N–H and O–H groups in total. The Bertz CT molecular complexity index is 470. The SMILES string of the molecule is CCNC(=NCC1Cc2ccccc2O1)NC1CCCC1. The average molecular weight is 287 g/mol. The summed E-state index contributed by atoms with van der Waals surface area (Å²) in [6.45, 7) is 3.70. The maximum absolute atomic E-state index is 5.94. The highest BCUT2D eigenvalue weighted by Crippen LogP contribution is 2.28. The maximum Gasteiger partial charge on any atom is 0.191 e. The molecule has 1 aromatic carbocycles. The molecule has 1 unspecified atom stereocenters. The van der Waals surface area contributed by atoms with Crippen molar-refractivity contribution in [1.82, 2.24) is 10.6 Å². The summed E-state index contributed by atoms with van der Waals surface area (Å²) in [4.78, 5) is 4.71. The van der Waals surface area contributed by atoms with Crippen LogP contribution in [0.1, 0.15) is 38.2 Å². The summed E-state index contributed by atoms with van der Waals surface area (Å²) >= 11 is 0. The van der Waals surface area contributed by atoms with Crippen molar-refractivity contribution in [3.63, 3.8) is 0 Å². The third kappa shape index (κ3) is 3.69. The van der Waals surface area contributed by atoms with E-state index >= 15 is 0 Å². The minimum atomic E-state index is 0.168. The van der Waals surface area contributed by atoms with Crippen LogP contribution in [-0.2, 0) is 6.42 Å². The van der Waals surface area contributed by atoms with Crippen LogP contribution < -0.4 is 15.4 Å². The molecule has 0 saturated heterocycles. The minimum absolute atomic E-state index is 0.168. The first-order chi connectivity index (χ1) is 10.3. The standard InChI is InChI=1S/C17H25N3O/c1-2-18-17(20-14-8-4-5-9-14)19-12-15-11-13-7-3-6-10-16(13)21-15/h3,6-7,10,14-15H,2,4-5,8-9,11-12H2,1H3,(H2,18,19,20). The Labute approximate surface area is 127 Å². The van der Waals surface area contributed by atoms with E-state index in [1.54, 1.807) is 0 Å². The predicted molar refractivity (Wildman–Crippen MR) is 85.9 cm³/mol. The summed E-state index contributed by atoms with van der Waals surface area (Å²) in [5, 5.41) is 6.88. The number of hydrogen-bond donors (Lipinski definition) is 2. The van der Waals surface area contributed by atoms with Gasteiger partial charge in [-0.1, -0.05) is 31.0 Å². The van der Waals surface area contributed by atoms with Crippen molar-refractivity contribution in [2.75, 3.05) is 13.1 Å². The van der Waals surface area contributed by atoms with Crippen molar-refractivity contribution >= 4 is 5.96 Å². The van der Waals surface area contributed by atoms with Crippen LogP contribution in [0, 0.1) is 0 Å². The van der Waals surface area contributed by atoms with Gasteiger partial charge in [0, 0.05) is 19.0 Å². The Balaban J connectivity index is 1.55. The van der Waals surface area contributed by atoms with Gasteiger partial charge >= 0.3 is 0 Å². The zero-order chi connectivity index (χ0) is 14.5. The quantitative estimate of drug-likeness (QED) is 0.660. The largest absolute Gasteiger partial charge is 0.488 e. The number of nitrogens with one attached hydrogen (secondary N) is 2. The lowest BCUT2D eigenvalue weighted by molar-refractivity contribution is 0.241. The predicted octanol–water partition coefficient (Wildman–Crippen LogP) is 2.49. The monoisotopic (exact) mass is 287 g/mol. The van der Waals surface area contributed by atoms with Gasteiger partial charge in [-0.05, 0) is 31.4 Å². The number of para-hydroxylation sites is 1. The van der Waals surface area contributed by atoms with E-state index in [-0.39, 0.29) is 6.10 Å². The topological polar surface area (TPSA) is 45.7 Å². The van der Waals surface area contributed by atoms with Crippen LogP contribution in [0.5, 0.6) is 5.75 Å². The van der Waals surface area contributed by atoms with E-state index in [1.165, 1.54) is 31.2 Å². The Morgan fingerprint density at radius 3 is 2.86 bits per heavy atom. The van der Waals surface area contributed by atoms with Gasteiger partial charge in [-0.2, -0.15) is 0 Å². The number of aliphatic imine (C=N–C) groups is 1. The summed E-state index contributed by atoms with van der Waals surface area (Å²) in [6.07, 6.45) is 6.31. The number of ether oxygens (including phenoxy) is 1. The molecule has 1 aliphatic heterocycles. The lowest BCUT2D eigenvalue weighted by atomic mass is 10.1. The van der Waals surface area contributed by atoms with Gasteiger partial charge in [-0.25, -0.2) is 4.99 Å². The molecule has 1 atom stereocenters. The first-order valence-electron chi connectivity index (χ1n) is 8.14. The van der Waals surface area contributed by atoms with Crippen LogP contribution in [-0.4, -0.2) is 31.2 Å². The molecular formula is C17H25N3O. The maximum atomic E-state index is 5.94. The van der Waals surface area contributed by atoms with Crippen LogP contribution in [0.25, 0.3) is 0 Å². The molecule has 1 heterocycles. The summed E-state index contributed by atoms with van der Waals surface area (Å²) in [7, 11) is 0. The van der Waals surface area contributed by atoms with Gasteiger partial charge < -0.3 is 15.4 Å². The minimum Gasteiger partial charge on any atom is -0.488 e. The van der Waals surface area contributed by atoms with E-state index in [4.69, 9.17) is 9.73 Å².